The molecular weight excluding hydrogens is 648 g/mol. The highest BCUT2D eigenvalue weighted by molar-refractivity contribution is 7.89. The van der Waals surface area contributed by atoms with E-state index in [1.54, 1.807) is 12.3 Å². The Labute approximate surface area is 288 Å². The van der Waals surface area contributed by atoms with Crippen molar-refractivity contribution in [1.82, 2.24) is 14.6 Å². The highest BCUT2D eigenvalue weighted by atomic mass is 32.2. The molecule has 0 aliphatic carbocycles. The standard InChI is InChI=1S/C36H50N4O8S/c1-5-24(6-2)18-37-19-29-28-17-26(12-13-30(28)38-34(29)42)49(44,45)40(20-23(3)4)21-32(41)31(16-25-10-8-7-9-11-25)39-36(43)48-33-22-47-35-27(33)14-15-46-35/h7-13,17,19,23-24,27,31-33,35,38,41-42H,5-6,14-16,18,20-22H2,1-4H3,(H,39,43)/t27?,31-,32+,33-,35?/m0/s1. The van der Waals surface area contributed by atoms with Gasteiger partial charge in [0.15, 0.2) is 12.2 Å². The third kappa shape index (κ3) is 9.01. The minimum atomic E-state index is -4.14. The van der Waals surface area contributed by atoms with Crippen LogP contribution in [0.25, 0.3) is 10.9 Å². The van der Waals surface area contributed by atoms with Crippen LogP contribution in [-0.4, -0.2) is 97.6 Å². The normalized spacial score (nSPS) is 20.9. The largest absolute Gasteiger partial charge is 0.494 e. The van der Waals surface area contributed by atoms with Crippen LogP contribution in [0, 0.1) is 17.8 Å². The summed E-state index contributed by atoms with van der Waals surface area (Å²) in [6, 6.07) is 13.1. The van der Waals surface area contributed by atoms with E-state index in [0.29, 0.717) is 35.5 Å². The molecule has 2 fully saturated rings. The number of nitrogens with one attached hydrogen (secondary N) is 2. The number of carbonyl (C=O) groups excluding carboxylic acids is 1. The zero-order valence-electron chi connectivity index (χ0n) is 28.7. The fraction of sp³-hybridized carbons (Fsp3) is 0.556. The number of fused-ring (bicyclic) bond motifs is 2. The van der Waals surface area contributed by atoms with Crippen molar-refractivity contribution in [2.24, 2.45) is 22.7 Å². The second-order valence-electron chi connectivity index (χ2n) is 13.5. The summed E-state index contributed by atoms with van der Waals surface area (Å²) in [5.74, 6) is 0.215. The van der Waals surface area contributed by atoms with Gasteiger partial charge in [0, 0.05) is 36.8 Å². The molecule has 3 aromatic rings. The number of aromatic amines is 1. The number of benzene rings is 2. The number of amides is 1. The van der Waals surface area contributed by atoms with Gasteiger partial charge in [-0.25, -0.2) is 13.2 Å². The summed E-state index contributed by atoms with van der Waals surface area (Å²) < 4.78 is 46.6. The smallest absolute Gasteiger partial charge is 0.407 e. The van der Waals surface area contributed by atoms with Crippen molar-refractivity contribution in [3.05, 3.63) is 59.7 Å². The van der Waals surface area contributed by atoms with E-state index in [4.69, 9.17) is 14.2 Å². The van der Waals surface area contributed by atoms with Gasteiger partial charge in [0.25, 0.3) is 0 Å². The second kappa shape index (κ2) is 16.5. The Bertz CT molecular complexity index is 1670. The highest BCUT2D eigenvalue weighted by Gasteiger charge is 2.44. The number of hydrogen-bond donors (Lipinski definition) is 4. The lowest BCUT2D eigenvalue weighted by Crippen LogP contribution is -2.51. The molecular formula is C36H50N4O8S. The van der Waals surface area contributed by atoms with Gasteiger partial charge in [0.05, 0.1) is 41.7 Å². The van der Waals surface area contributed by atoms with Gasteiger partial charge in [-0.3, -0.25) is 4.99 Å². The molecule has 2 aromatic carbocycles. The predicted octanol–water partition coefficient (Wildman–Crippen LogP) is 4.84. The third-order valence-electron chi connectivity index (χ3n) is 9.44. The van der Waals surface area contributed by atoms with Crippen LogP contribution in [0.3, 0.4) is 0 Å². The van der Waals surface area contributed by atoms with Crippen molar-refractivity contribution in [3.8, 4) is 5.88 Å². The summed E-state index contributed by atoms with van der Waals surface area (Å²) in [5, 5.41) is 25.6. The van der Waals surface area contributed by atoms with Crippen LogP contribution in [0.4, 0.5) is 4.79 Å². The molecule has 49 heavy (non-hydrogen) atoms. The first-order chi connectivity index (χ1) is 23.5. The van der Waals surface area contributed by atoms with Crippen molar-refractivity contribution >= 4 is 33.2 Å². The second-order valence-corrected chi connectivity index (χ2v) is 15.4. The number of H-pyrrole nitrogens is 1. The van der Waals surface area contributed by atoms with Crippen LogP contribution in [0.5, 0.6) is 5.88 Å². The molecule has 2 aliphatic heterocycles. The molecule has 4 N–H and O–H groups in total. The van der Waals surface area contributed by atoms with Crippen molar-refractivity contribution in [1.29, 1.82) is 0 Å². The van der Waals surface area contributed by atoms with Crippen LogP contribution >= 0.6 is 0 Å². The average molecular weight is 699 g/mol. The molecule has 268 valence electrons. The number of nitrogens with zero attached hydrogens (tertiary/aromatic N) is 2. The van der Waals surface area contributed by atoms with Gasteiger partial charge < -0.3 is 34.7 Å². The highest BCUT2D eigenvalue weighted by Crippen LogP contribution is 2.33. The maximum atomic E-state index is 14.3. The van der Waals surface area contributed by atoms with Gasteiger partial charge in [-0.15, -0.1) is 0 Å². The Morgan fingerprint density at radius 1 is 1.14 bits per heavy atom. The topological polar surface area (TPSA) is 163 Å². The third-order valence-corrected chi connectivity index (χ3v) is 11.3. The van der Waals surface area contributed by atoms with Crippen molar-refractivity contribution in [2.75, 3.05) is 32.8 Å². The Hall–Kier alpha value is -3.49. The molecule has 2 unspecified atom stereocenters. The molecule has 0 bridgehead atoms. The van der Waals surface area contributed by atoms with E-state index in [0.717, 1.165) is 24.8 Å². The molecule has 5 atom stereocenters. The van der Waals surface area contributed by atoms with E-state index >= 15 is 0 Å². The lowest BCUT2D eigenvalue weighted by molar-refractivity contribution is -0.0907. The molecule has 0 radical (unpaired) electrons. The lowest BCUT2D eigenvalue weighted by atomic mass is 10.0. The van der Waals surface area contributed by atoms with E-state index in [1.807, 2.05) is 44.2 Å². The number of aromatic hydroxyl groups is 1. The first-order valence-electron chi connectivity index (χ1n) is 17.3. The van der Waals surface area contributed by atoms with Crippen molar-refractivity contribution < 1.29 is 37.6 Å². The summed E-state index contributed by atoms with van der Waals surface area (Å²) in [5.41, 5.74) is 1.85. The summed E-state index contributed by atoms with van der Waals surface area (Å²) in [7, 11) is -4.14. The molecule has 12 nitrogen and oxygen atoms in total. The molecule has 1 amide bonds. The van der Waals surface area contributed by atoms with Crippen LogP contribution in [0.2, 0.25) is 0 Å². The van der Waals surface area contributed by atoms with Crippen molar-refractivity contribution in [2.45, 2.75) is 82.8 Å². The van der Waals surface area contributed by atoms with Gasteiger partial charge >= 0.3 is 6.09 Å². The number of ether oxygens (including phenoxy) is 3. The van der Waals surface area contributed by atoms with E-state index in [1.165, 1.54) is 16.4 Å². The van der Waals surface area contributed by atoms with Crippen LogP contribution < -0.4 is 5.32 Å². The number of rotatable bonds is 16. The molecule has 0 saturated carbocycles. The Morgan fingerprint density at radius 2 is 1.90 bits per heavy atom. The quantitative estimate of drug-likeness (QED) is 0.155. The Kier molecular flexibility index (Phi) is 12.4. The number of aliphatic hydroxyl groups is 1. The van der Waals surface area contributed by atoms with Gasteiger partial charge in [-0.1, -0.05) is 70.9 Å². The monoisotopic (exact) mass is 698 g/mol. The molecule has 2 saturated heterocycles. The van der Waals surface area contributed by atoms with Gasteiger partial charge in [0.2, 0.25) is 10.0 Å². The van der Waals surface area contributed by atoms with E-state index in [-0.39, 0.29) is 55.0 Å². The predicted molar refractivity (Wildman–Crippen MR) is 187 cm³/mol. The van der Waals surface area contributed by atoms with E-state index < -0.39 is 34.4 Å². The number of sulfonamides is 1. The minimum absolute atomic E-state index is 0.0167. The van der Waals surface area contributed by atoms with Gasteiger partial charge in [-0.2, -0.15) is 4.31 Å². The number of carbonyl (C=O) groups is 1. The summed E-state index contributed by atoms with van der Waals surface area (Å²) >= 11 is 0. The Balaban J connectivity index is 1.37. The maximum absolute atomic E-state index is 14.3. The molecule has 2 aliphatic rings. The van der Waals surface area contributed by atoms with Crippen LogP contribution in [-0.2, 0) is 30.7 Å². The summed E-state index contributed by atoms with van der Waals surface area (Å²) in [6.45, 7) is 9.25. The summed E-state index contributed by atoms with van der Waals surface area (Å²) in [6.07, 6.45) is 1.69. The zero-order chi connectivity index (χ0) is 35.1. The number of aromatic nitrogens is 1. The number of alkyl carbamates (subject to hydrolysis) is 1. The maximum Gasteiger partial charge on any atom is 0.407 e. The SMILES string of the molecule is CCC(CC)CN=Cc1c(O)[nH]c2ccc(S(=O)(=O)N(CC(C)C)C[C@@H](O)[C@H](Cc3ccccc3)NC(=O)O[C@H]3COC4OCCC43)cc12. The first kappa shape index (κ1) is 36.8. The van der Waals surface area contributed by atoms with Crippen LogP contribution in [0.15, 0.2) is 58.4 Å². The molecule has 5 rings (SSSR count). The van der Waals surface area contributed by atoms with E-state index in [9.17, 15) is 23.4 Å². The molecule has 0 spiro atoms. The number of aliphatic hydroxyl groups excluding tert-OH is 1. The van der Waals surface area contributed by atoms with Crippen molar-refractivity contribution in [3.63, 3.8) is 0 Å². The van der Waals surface area contributed by atoms with Gasteiger partial charge in [-0.05, 0) is 48.4 Å². The first-order valence-corrected chi connectivity index (χ1v) is 18.7. The van der Waals surface area contributed by atoms with Gasteiger partial charge in [0.1, 0.15) is 6.10 Å². The molecule has 3 heterocycles. The average Bonchev–Trinajstić information content (AvgIpc) is 3.78. The number of hydrogen-bond acceptors (Lipinski definition) is 9. The fourth-order valence-corrected chi connectivity index (χ4v) is 8.14. The zero-order valence-corrected chi connectivity index (χ0v) is 29.6. The number of aliphatic imine (C=N–C) groups is 1. The molecule has 13 heteroatoms. The minimum Gasteiger partial charge on any atom is -0.494 e. The van der Waals surface area contributed by atoms with Crippen LogP contribution in [0.1, 0.15) is 58.1 Å². The summed E-state index contributed by atoms with van der Waals surface area (Å²) in [4.78, 5) is 20.6. The lowest BCUT2D eigenvalue weighted by Gasteiger charge is -2.31. The Morgan fingerprint density at radius 3 is 2.61 bits per heavy atom. The fourth-order valence-electron chi connectivity index (χ4n) is 6.49. The van der Waals surface area contributed by atoms with E-state index in [2.05, 4.69) is 29.1 Å². The molecule has 1 aromatic heterocycles.